The first-order valence-corrected chi connectivity index (χ1v) is 12.2. The fourth-order valence-corrected chi connectivity index (χ4v) is 6.17. The summed E-state index contributed by atoms with van der Waals surface area (Å²) in [5.41, 5.74) is 5.90. The maximum absolute atomic E-state index is 15.2. The Kier molecular flexibility index (Phi) is 6.04. The van der Waals surface area contributed by atoms with Crippen LogP contribution in [0.15, 0.2) is 23.0 Å². The molecule has 1 saturated carbocycles. The summed E-state index contributed by atoms with van der Waals surface area (Å²) >= 11 is 0. The molecule has 1 heterocycles. The Labute approximate surface area is 215 Å². The molecule has 38 heavy (non-hydrogen) atoms. The number of rotatable bonds is 4. The maximum atomic E-state index is 15.2. The van der Waals surface area contributed by atoms with Crippen LogP contribution in [-0.4, -0.2) is 80.0 Å². The molecule has 3 aliphatic carbocycles. The molecule has 13 heteroatoms. The van der Waals surface area contributed by atoms with Gasteiger partial charge in [0.05, 0.1) is 23.8 Å². The number of amides is 2. The number of anilines is 1. The fourth-order valence-electron chi connectivity index (χ4n) is 6.17. The van der Waals surface area contributed by atoms with Crippen molar-refractivity contribution < 1.29 is 44.0 Å². The van der Waals surface area contributed by atoms with E-state index >= 15 is 4.39 Å². The standard InChI is InChI=1S/C25H27FN4O8/c26-12-7-13(29-14(31)8-30-3-1-2-4-30)19(32)16-10(12)5-9-6-11-18(27)21(34)17(24(28)37)23(36)25(11,38)22(35)15(9)20(16)33/h7,9,11,18,32-33,36,38H,1-6,8,27H2,(H2,28,37)(H,29,31)/t9-,11-,18-,25-/m0/s1. The number of aliphatic hydroxyl groups is 3. The maximum Gasteiger partial charge on any atom is 0.255 e. The Morgan fingerprint density at radius 2 is 1.84 bits per heavy atom. The van der Waals surface area contributed by atoms with Crippen molar-refractivity contribution >= 4 is 34.8 Å². The van der Waals surface area contributed by atoms with E-state index < -0.39 is 86.7 Å². The van der Waals surface area contributed by atoms with Crippen LogP contribution >= 0.6 is 0 Å². The van der Waals surface area contributed by atoms with Gasteiger partial charge in [0.15, 0.2) is 17.1 Å². The minimum Gasteiger partial charge on any atom is -0.508 e. The zero-order chi connectivity index (χ0) is 27.7. The number of aliphatic hydroxyl groups excluding tert-OH is 2. The van der Waals surface area contributed by atoms with Gasteiger partial charge in [-0.05, 0) is 44.7 Å². The molecule has 1 aliphatic heterocycles. The van der Waals surface area contributed by atoms with Crippen LogP contribution in [-0.2, 0) is 25.6 Å². The van der Waals surface area contributed by atoms with E-state index in [1.165, 1.54) is 0 Å². The van der Waals surface area contributed by atoms with Crippen molar-refractivity contribution in [2.45, 2.75) is 37.3 Å². The van der Waals surface area contributed by atoms with E-state index in [-0.39, 0.29) is 30.6 Å². The molecule has 2 fully saturated rings. The van der Waals surface area contributed by atoms with Gasteiger partial charge in [-0.1, -0.05) is 0 Å². The third-order valence-electron chi connectivity index (χ3n) is 8.04. The van der Waals surface area contributed by atoms with Crippen molar-refractivity contribution in [3.63, 3.8) is 0 Å². The molecular weight excluding hydrogens is 503 g/mol. The molecule has 1 saturated heterocycles. The number of carbonyl (C=O) groups excluding carboxylic acids is 4. The molecule has 4 atom stereocenters. The summed E-state index contributed by atoms with van der Waals surface area (Å²) in [7, 11) is 0. The van der Waals surface area contributed by atoms with Crippen molar-refractivity contribution in [2.24, 2.45) is 23.3 Å². The number of hydrogen-bond donors (Lipinski definition) is 7. The molecule has 1 aromatic rings. The molecule has 0 unspecified atom stereocenters. The number of phenolic OH excluding ortho intramolecular Hbond substituents is 1. The van der Waals surface area contributed by atoms with Gasteiger partial charge in [-0.15, -0.1) is 0 Å². The number of nitrogens with zero attached hydrogens (tertiary/aromatic N) is 1. The number of benzene rings is 1. The topological polar surface area (TPSA) is 217 Å². The predicted molar refractivity (Wildman–Crippen MR) is 129 cm³/mol. The summed E-state index contributed by atoms with van der Waals surface area (Å²) in [5, 5.41) is 46.4. The normalized spacial score (nSPS) is 29.2. The van der Waals surface area contributed by atoms with Crippen LogP contribution in [0.25, 0.3) is 5.76 Å². The number of fused-ring (bicyclic) bond motifs is 3. The quantitative estimate of drug-likeness (QED) is 0.196. The van der Waals surface area contributed by atoms with Crippen LogP contribution < -0.4 is 16.8 Å². The van der Waals surface area contributed by atoms with Crippen LogP contribution in [0.2, 0.25) is 0 Å². The number of nitrogens with one attached hydrogen (secondary N) is 1. The number of aromatic hydroxyl groups is 1. The van der Waals surface area contributed by atoms with E-state index in [1.54, 1.807) is 0 Å². The van der Waals surface area contributed by atoms with Crippen molar-refractivity contribution in [1.82, 2.24) is 4.90 Å². The van der Waals surface area contributed by atoms with E-state index in [4.69, 9.17) is 11.5 Å². The van der Waals surface area contributed by atoms with Gasteiger partial charge < -0.3 is 37.2 Å². The van der Waals surface area contributed by atoms with Gasteiger partial charge in [0.1, 0.15) is 22.9 Å². The third kappa shape index (κ3) is 3.61. The van der Waals surface area contributed by atoms with Gasteiger partial charge in [-0.2, -0.15) is 0 Å². The zero-order valence-corrected chi connectivity index (χ0v) is 20.2. The minimum absolute atomic E-state index is 0.0208. The Balaban J connectivity index is 1.58. The lowest BCUT2D eigenvalue weighted by Gasteiger charge is -2.48. The lowest BCUT2D eigenvalue weighted by atomic mass is 9.58. The summed E-state index contributed by atoms with van der Waals surface area (Å²) in [4.78, 5) is 52.3. The lowest BCUT2D eigenvalue weighted by molar-refractivity contribution is -0.149. The highest BCUT2D eigenvalue weighted by atomic mass is 19.1. The molecule has 202 valence electrons. The summed E-state index contributed by atoms with van der Waals surface area (Å²) in [6.45, 7) is 1.48. The van der Waals surface area contributed by atoms with Crippen LogP contribution in [0.5, 0.6) is 5.75 Å². The second kappa shape index (κ2) is 8.89. The number of phenols is 1. The molecule has 2 amide bonds. The Hall–Kier alpha value is -3.81. The molecule has 1 aromatic carbocycles. The van der Waals surface area contributed by atoms with Crippen molar-refractivity contribution in [1.29, 1.82) is 0 Å². The number of primary amides is 1. The average Bonchev–Trinajstić information content (AvgIpc) is 3.35. The van der Waals surface area contributed by atoms with Gasteiger partial charge in [0, 0.05) is 23.1 Å². The Morgan fingerprint density at radius 3 is 2.47 bits per heavy atom. The van der Waals surface area contributed by atoms with E-state index in [9.17, 15) is 39.6 Å². The highest BCUT2D eigenvalue weighted by Crippen LogP contribution is 2.52. The summed E-state index contributed by atoms with van der Waals surface area (Å²) < 4.78 is 15.2. The van der Waals surface area contributed by atoms with E-state index in [0.717, 1.165) is 32.0 Å². The SMILES string of the molecule is NC(=O)C1=C(O)[C@@]2(O)C(=O)C3=C(O)c4c(O)c(NC(=O)CN5CCCC5)cc(F)c4C[C@H]3C[C@H]2[C@H](N)C1=O. The van der Waals surface area contributed by atoms with Crippen LogP contribution in [0.3, 0.4) is 0 Å². The molecule has 4 aliphatic rings. The largest absolute Gasteiger partial charge is 0.508 e. The molecule has 0 spiro atoms. The summed E-state index contributed by atoms with van der Waals surface area (Å²) in [6, 6.07) is -0.669. The first kappa shape index (κ1) is 25.8. The fraction of sp³-hybridized carbons (Fsp3) is 0.440. The van der Waals surface area contributed by atoms with Gasteiger partial charge in [-0.3, -0.25) is 24.1 Å². The predicted octanol–water partition coefficient (Wildman–Crippen LogP) is -0.465. The molecule has 9 N–H and O–H groups in total. The van der Waals surface area contributed by atoms with Crippen LogP contribution in [0.1, 0.15) is 30.4 Å². The minimum atomic E-state index is -2.86. The summed E-state index contributed by atoms with van der Waals surface area (Å²) in [6.07, 6.45) is 1.43. The van der Waals surface area contributed by atoms with E-state index in [2.05, 4.69) is 5.32 Å². The second-order valence-electron chi connectivity index (χ2n) is 10.2. The monoisotopic (exact) mass is 530 g/mol. The van der Waals surface area contributed by atoms with E-state index in [0.29, 0.717) is 0 Å². The lowest BCUT2D eigenvalue weighted by Crippen LogP contribution is -2.65. The van der Waals surface area contributed by atoms with Gasteiger partial charge in [-0.25, -0.2) is 4.39 Å². The molecule has 5 rings (SSSR count). The van der Waals surface area contributed by atoms with Crippen LogP contribution in [0.4, 0.5) is 10.1 Å². The summed E-state index contributed by atoms with van der Waals surface area (Å²) in [5.74, 6) is -10.2. The number of ketones is 2. The number of likely N-dealkylation sites (tertiary alicyclic amines) is 1. The highest BCUT2D eigenvalue weighted by Gasteiger charge is 2.63. The Morgan fingerprint density at radius 1 is 1.18 bits per heavy atom. The first-order valence-electron chi connectivity index (χ1n) is 12.2. The zero-order valence-electron chi connectivity index (χ0n) is 20.2. The molecule has 0 aromatic heterocycles. The van der Waals surface area contributed by atoms with Gasteiger partial charge >= 0.3 is 0 Å². The van der Waals surface area contributed by atoms with Crippen molar-refractivity contribution in [2.75, 3.05) is 25.0 Å². The molecule has 12 nitrogen and oxygen atoms in total. The number of Topliss-reactive ketones (excluding diaryl/α,β-unsaturated/α-hetero) is 2. The third-order valence-corrected chi connectivity index (χ3v) is 8.04. The second-order valence-corrected chi connectivity index (χ2v) is 10.2. The smallest absolute Gasteiger partial charge is 0.255 e. The number of carbonyl (C=O) groups is 4. The molecular formula is C25H27FN4O8. The number of halogens is 1. The Bertz CT molecular complexity index is 1370. The molecule has 0 bridgehead atoms. The van der Waals surface area contributed by atoms with Gasteiger partial charge in [0.2, 0.25) is 11.7 Å². The van der Waals surface area contributed by atoms with Gasteiger partial charge in [0.25, 0.3) is 5.91 Å². The average molecular weight is 531 g/mol. The molecule has 0 radical (unpaired) electrons. The van der Waals surface area contributed by atoms with E-state index in [1.807, 2.05) is 4.90 Å². The van der Waals surface area contributed by atoms with Crippen molar-refractivity contribution in [3.8, 4) is 5.75 Å². The van der Waals surface area contributed by atoms with Crippen molar-refractivity contribution in [3.05, 3.63) is 39.9 Å². The number of nitrogens with two attached hydrogens (primary N) is 2. The highest BCUT2D eigenvalue weighted by molar-refractivity contribution is 6.24. The van der Waals surface area contributed by atoms with Crippen LogP contribution in [0, 0.1) is 17.7 Å². The first-order chi connectivity index (χ1) is 17.9. The number of hydrogen-bond acceptors (Lipinski definition) is 10.